The first-order chi connectivity index (χ1) is 7.77. The van der Waals surface area contributed by atoms with E-state index < -0.39 is 0 Å². The molecule has 2 rings (SSSR count). The topological polar surface area (TPSA) is 33.2 Å². The summed E-state index contributed by atoms with van der Waals surface area (Å²) in [6, 6.07) is 9.42. The minimum Gasteiger partial charge on any atom is -0.335 e. The normalized spacial score (nSPS) is 9.47. The molecule has 2 aromatic rings. The molecule has 83 valence electrons. The standard InChI is InChI=1S/C12H12N2OS.K/c1-14(9-10-5-2-3-7-13-10)12(15)11-6-4-8-16-11;/h2-8H,9H2,1H3;. The van der Waals surface area contributed by atoms with Crippen LogP contribution in [0.5, 0.6) is 0 Å². The zero-order valence-corrected chi connectivity index (χ0v) is 13.9. The van der Waals surface area contributed by atoms with Gasteiger partial charge in [-0.1, -0.05) is 12.1 Å². The third-order valence-electron chi connectivity index (χ3n) is 2.20. The number of thiophene rings is 1. The van der Waals surface area contributed by atoms with Gasteiger partial charge >= 0.3 is 0 Å². The molecule has 0 spiro atoms. The Morgan fingerprint density at radius 3 is 2.76 bits per heavy atom. The van der Waals surface area contributed by atoms with Crippen LogP contribution in [0.3, 0.4) is 0 Å². The van der Waals surface area contributed by atoms with E-state index in [1.54, 1.807) is 18.1 Å². The summed E-state index contributed by atoms with van der Waals surface area (Å²) < 4.78 is 0. The number of hydrogen-bond donors (Lipinski definition) is 0. The maximum absolute atomic E-state index is 11.9. The van der Waals surface area contributed by atoms with Crippen molar-refractivity contribution in [3.8, 4) is 0 Å². The van der Waals surface area contributed by atoms with E-state index in [1.807, 2.05) is 35.7 Å². The number of carbonyl (C=O) groups is 1. The average Bonchev–Trinajstić information content (AvgIpc) is 2.83. The molecule has 0 saturated carbocycles. The predicted molar refractivity (Wildman–Crippen MR) is 70.1 cm³/mol. The first-order valence-electron chi connectivity index (χ1n) is 4.96. The van der Waals surface area contributed by atoms with Gasteiger partial charge in [-0.15, -0.1) is 11.3 Å². The Morgan fingerprint density at radius 1 is 1.35 bits per heavy atom. The Bertz CT molecular complexity index is 459. The van der Waals surface area contributed by atoms with E-state index >= 15 is 0 Å². The third-order valence-corrected chi connectivity index (χ3v) is 3.06. The molecule has 3 nitrogen and oxygen atoms in total. The summed E-state index contributed by atoms with van der Waals surface area (Å²) in [5.74, 6) is 0.0423. The molecule has 1 radical (unpaired) electrons. The van der Waals surface area contributed by atoms with E-state index in [-0.39, 0.29) is 57.3 Å². The summed E-state index contributed by atoms with van der Waals surface area (Å²) in [7, 11) is 1.79. The molecule has 0 aliphatic heterocycles. The smallest absolute Gasteiger partial charge is 0.264 e. The van der Waals surface area contributed by atoms with Crippen molar-refractivity contribution in [3.63, 3.8) is 0 Å². The molecular weight excluding hydrogens is 259 g/mol. The monoisotopic (exact) mass is 271 g/mol. The summed E-state index contributed by atoms with van der Waals surface area (Å²) in [4.78, 5) is 18.5. The van der Waals surface area contributed by atoms with Crippen LogP contribution in [0.25, 0.3) is 0 Å². The van der Waals surface area contributed by atoms with Crippen molar-refractivity contribution in [1.29, 1.82) is 0 Å². The van der Waals surface area contributed by atoms with Crippen molar-refractivity contribution in [2.24, 2.45) is 0 Å². The van der Waals surface area contributed by atoms with Crippen LogP contribution in [0.2, 0.25) is 0 Å². The van der Waals surface area contributed by atoms with E-state index in [9.17, 15) is 4.79 Å². The molecule has 0 atom stereocenters. The summed E-state index contributed by atoms with van der Waals surface area (Å²) in [5, 5.41) is 1.90. The molecule has 0 N–H and O–H groups in total. The zero-order valence-electron chi connectivity index (χ0n) is 9.96. The van der Waals surface area contributed by atoms with Gasteiger partial charge in [0.15, 0.2) is 0 Å². The van der Waals surface area contributed by atoms with Crippen molar-refractivity contribution in [2.75, 3.05) is 7.05 Å². The minimum atomic E-state index is 0. The maximum Gasteiger partial charge on any atom is 0.264 e. The van der Waals surface area contributed by atoms with E-state index in [1.165, 1.54) is 11.3 Å². The van der Waals surface area contributed by atoms with Crippen LogP contribution in [0, 0.1) is 0 Å². The fraction of sp³-hybridized carbons (Fsp3) is 0.167. The van der Waals surface area contributed by atoms with Gasteiger partial charge in [-0.05, 0) is 23.6 Å². The summed E-state index contributed by atoms with van der Waals surface area (Å²) >= 11 is 1.46. The van der Waals surface area contributed by atoms with E-state index in [2.05, 4.69) is 4.98 Å². The number of amides is 1. The van der Waals surface area contributed by atoms with Crippen LogP contribution < -0.4 is 0 Å². The van der Waals surface area contributed by atoms with Gasteiger partial charge in [-0.25, -0.2) is 0 Å². The first kappa shape index (κ1) is 15.0. The maximum atomic E-state index is 11.9. The number of aromatic nitrogens is 1. The van der Waals surface area contributed by atoms with Crippen LogP contribution in [-0.2, 0) is 6.54 Å². The molecule has 0 saturated heterocycles. The molecule has 1 amide bonds. The van der Waals surface area contributed by atoms with Gasteiger partial charge in [0.1, 0.15) is 0 Å². The second kappa shape index (κ2) is 7.40. The summed E-state index contributed by atoms with van der Waals surface area (Å²) in [6.45, 7) is 0.539. The predicted octanol–water partition coefficient (Wildman–Crippen LogP) is 2.03. The molecule has 0 aliphatic carbocycles. The Kier molecular flexibility index (Phi) is 6.54. The van der Waals surface area contributed by atoms with Crippen LogP contribution in [0.1, 0.15) is 15.4 Å². The molecule has 0 fully saturated rings. The van der Waals surface area contributed by atoms with Crippen molar-refractivity contribution in [3.05, 3.63) is 52.5 Å². The van der Waals surface area contributed by atoms with Crippen molar-refractivity contribution < 1.29 is 4.79 Å². The van der Waals surface area contributed by atoms with Crippen molar-refractivity contribution in [1.82, 2.24) is 9.88 Å². The Hall–Kier alpha value is -0.0436. The summed E-state index contributed by atoms with van der Waals surface area (Å²) in [5.41, 5.74) is 0.898. The number of nitrogens with zero attached hydrogens (tertiary/aromatic N) is 2. The average molecular weight is 271 g/mol. The molecule has 0 aliphatic rings. The van der Waals surface area contributed by atoms with E-state index in [4.69, 9.17) is 0 Å². The fourth-order valence-corrected chi connectivity index (χ4v) is 2.11. The van der Waals surface area contributed by atoms with Crippen LogP contribution >= 0.6 is 11.3 Å². The van der Waals surface area contributed by atoms with Gasteiger partial charge in [0, 0.05) is 64.6 Å². The van der Waals surface area contributed by atoms with E-state index in [0.29, 0.717) is 6.54 Å². The van der Waals surface area contributed by atoms with Crippen LogP contribution in [0.15, 0.2) is 41.9 Å². The van der Waals surface area contributed by atoms with Gasteiger partial charge in [-0.2, -0.15) is 0 Å². The second-order valence-electron chi connectivity index (χ2n) is 3.46. The van der Waals surface area contributed by atoms with Gasteiger partial charge in [0.2, 0.25) is 0 Å². The van der Waals surface area contributed by atoms with Crippen molar-refractivity contribution in [2.45, 2.75) is 6.54 Å². The van der Waals surface area contributed by atoms with Crippen molar-refractivity contribution >= 4 is 68.6 Å². The first-order valence-corrected chi connectivity index (χ1v) is 5.84. The second-order valence-corrected chi connectivity index (χ2v) is 4.41. The minimum absolute atomic E-state index is 0. The molecule has 2 aromatic heterocycles. The SMILES string of the molecule is CN(Cc1ccccn1)C(=O)c1cccs1.[K]. The van der Waals surface area contributed by atoms with Gasteiger partial charge < -0.3 is 4.90 Å². The Labute approximate surface area is 147 Å². The van der Waals surface area contributed by atoms with Gasteiger partial charge in [0.05, 0.1) is 17.1 Å². The molecular formula is C12H12KN2OS. The van der Waals surface area contributed by atoms with Gasteiger partial charge in [0.25, 0.3) is 5.91 Å². The Morgan fingerprint density at radius 2 is 2.18 bits per heavy atom. The number of rotatable bonds is 3. The summed E-state index contributed by atoms with van der Waals surface area (Å²) in [6.07, 6.45) is 1.73. The van der Waals surface area contributed by atoms with Gasteiger partial charge in [-0.3, -0.25) is 9.78 Å². The molecule has 5 heteroatoms. The van der Waals surface area contributed by atoms with E-state index in [0.717, 1.165) is 10.6 Å². The van der Waals surface area contributed by atoms with Crippen LogP contribution in [-0.4, -0.2) is 74.2 Å². The Balaban J connectivity index is 0.00000144. The number of pyridine rings is 1. The largest absolute Gasteiger partial charge is 0.335 e. The molecule has 0 aromatic carbocycles. The molecule has 2 heterocycles. The van der Waals surface area contributed by atoms with Crippen LogP contribution in [0.4, 0.5) is 0 Å². The molecule has 17 heavy (non-hydrogen) atoms. The molecule has 0 bridgehead atoms. The third kappa shape index (κ3) is 4.28. The number of hydrogen-bond acceptors (Lipinski definition) is 3. The fourth-order valence-electron chi connectivity index (χ4n) is 1.39. The zero-order chi connectivity index (χ0) is 11.4. The molecule has 0 unspecified atom stereocenters. The quantitative estimate of drug-likeness (QED) is 0.800. The number of carbonyl (C=O) groups excluding carboxylic acids is 1.